The fourth-order valence-corrected chi connectivity index (χ4v) is 3.76. The van der Waals surface area contributed by atoms with Gasteiger partial charge in [0.05, 0.1) is 17.4 Å². The topological polar surface area (TPSA) is 55.2 Å². The van der Waals surface area contributed by atoms with Crippen LogP contribution in [0.25, 0.3) is 0 Å². The van der Waals surface area contributed by atoms with Gasteiger partial charge in [-0.05, 0) is 44.6 Å². The Labute approximate surface area is 120 Å². The highest BCUT2D eigenvalue weighted by molar-refractivity contribution is 5.07. The Morgan fingerprint density at radius 1 is 1.35 bits per heavy atom. The summed E-state index contributed by atoms with van der Waals surface area (Å²) < 4.78 is 6.10. The first-order valence-electron chi connectivity index (χ1n) is 7.80. The number of aliphatic hydroxyl groups is 1. The zero-order valence-electron chi connectivity index (χ0n) is 12.2. The molecule has 2 aliphatic rings. The summed E-state index contributed by atoms with van der Waals surface area (Å²) >= 11 is 0. The van der Waals surface area contributed by atoms with Crippen LogP contribution in [0.3, 0.4) is 0 Å². The molecule has 0 radical (unpaired) electrons. The third kappa shape index (κ3) is 2.86. The minimum Gasteiger partial charge on any atom is -0.387 e. The molecule has 4 heteroatoms. The smallest absolute Gasteiger partial charge is 0.125 e. The fourth-order valence-electron chi connectivity index (χ4n) is 3.76. The van der Waals surface area contributed by atoms with E-state index in [1.54, 1.807) is 6.20 Å². The standard InChI is InChI=1S/C16H24N2O2/c1-12-17-9-5-14(18-12)15(19)13-6-10-20-16(11-13)7-3-2-4-8-16/h5,9,13,15,19H,2-4,6-8,10-11H2,1H3. The number of ether oxygens (including phenoxy) is 1. The van der Waals surface area contributed by atoms with Gasteiger partial charge in [-0.1, -0.05) is 19.3 Å². The molecule has 1 saturated heterocycles. The third-order valence-electron chi connectivity index (χ3n) is 4.84. The first kappa shape index (κ1) is 14.0. The highest BCUT2D eigenvalue weighted by Crippen LogP contribution is 2.43. The summed E-state index contributed by atoms with van der Waals surface area (Å²) in [5, 5.41) is 10.6. The van der Waals surface area contributed by atoms with E-state index < -0.39 is 6.10 Å². The monoisotopic (exact) mass is 276 g/mol. The Balaban J connectivity index is 1.73. The van der Waals surface area contributed by atoms with Gasteiger partial charge in [0, 0.05) is 12.8 Å². The number of aliphatic hydroxyl groups excluding tert-OH is 1. The number of aromatic nitrogens is 2. The van der Waals surface area contributed by atoms with Crippen molar-refractivity contribution in [1.82, 2.24) is 9.97 Å². The molecule has 20 heavy (non-hydrogen) atoms. The Kier molecular flexibility index (Phi) is 4.03. The van der Waals surface area contributed by atoms with Gasteiger partial charge in [0.2, 0.25) is 0 Å². The molecule has 1 spiro atoms. The molecule has 2 unspecified atom stereocenters. The molecule has 2 fully saturated rings. The maximum Gasteiger partial charge on any atom is 0.125 e. The summed E-state index contributed by atoms with van der Waals surface area (Å²) in [5.41, 5.74) is 0.792. The van der Waals surface area contributed by atoms with E-state index in [0.29, 0.717) is 0 Å². The summed E-state index contributed by atoms with van der Waals surface area (Å²) in [6.07, 6.45) is 9.28. The molecule has 2 atom stereocenters. The normalized spacial score (nSPS) is 27.4. The van der Waals surface area contributed by atoms with Gasteiger partial charge in [-0.3, -0.25) is 0 Å². The molecule has 1 N–H and O–H groups in total. The van der Waals surface area contributed by atoms with Gasteiger partial charge in [0.25, 0.3) is 0 Å². The number of hydrogen-bond donors (Lipinski definition) is 1. The van der Waals surface area contributed by atoms with Crippen LogP contribution in [0.5, 0.6) is 0 Å². The summed E-state index contributed by atoms with van der Waals surface area (Å²) in [6, 6.07) is 1.83. The summed E-state index contributed by atoms with van der Waals surface area (Å²) in [7, 11) is 0. The van der Waals surface area contributed by atoms with E-state index in [1.807, 2.05) is 13.0 Å². The van der Waals surface area contributed by atoms with Gasteiger partial charge >= 0.3 is 0 Å². The van der Waals surface area contributed by atoms with E-state index in [1.165, 1.54) is 19.3 Å². The van der Waals surface area contributed by atoms with E-state index in [2.05, 4.69) is 9.97 Å². The molecule has 2 heterocycles. The van der Waals surface area contributed by atoms with Crippen molar-refractivity contribution >= 4 is 0 Å². The number of aryl methyl sites for hydroxylation is 1. The second kappa shape index (κ2) is 5.78. The Morgan fingerprint density at radius 3 is 2.90 bits per heavy atom. The lowest BCUT2D eigenvalue weighted by Gasteiger charge is -2.44. The van der Waals surface area contributed by atoms with Crippen molar-refractivity contribution in [2.24, 2.45) is 5.92 Å². The van der Waals surface area contributed by atoms with Gasteiger partial charge < -0.3 is 9.84 Å². The third-order valence-corrected chi connectivity index (χ3v) is 4.84. The van der Waals surface area contributed by atoms with Crippen molar-refractivity contribution in [3.05, 3.63) is 23.8 Å². The van der Waals surface area contributed by atoms with Crippen LogP contribution in [-0.2, 0) is 4.74 Å². The van der Waals surface area contributed by atoms with E-state index in [-0.39, 0.29) is 11.5 Å². The Morgan fingerprint density at radius 2 is 2.15 bits per heavy atom. The molecule has 1 aromatic rings. The predicted octanol–water partition coefficient (Wildman–Crippen LogP) is 2.95. The molecule has 1 saturated carbocycles. The average Bonchev–Trinajstić information content (AvgIpc) is 2.47. The zero-order chi connectivity index (χ0) is 14.0. The van der Waals surface area contributed by atoms with Gasteiger partial charge in [-0.2, -0.15) is 0 Å². The SMILES string of the molecule is Cc1nccc(C(O)C2CCOC3(CCCCC3)C2)n1. The molecule has 0 bridgehead atoms. The average molecular weight is 276 g/mol. The molecule has 1 aromatic heterocycles. The lowest BCUT2D eigenvalue weighted by Crippen LogP contribution is -2.42. The van der Waals surface area contributed by atoms with Crippen LogP contribution in [-0.4, -0.2) is 27.3 Å². The quantitative estimate of drug-likeness (QED) is 0.902. The molecular formula is C16H24N2O2. The van der Waals surface area contributed by atoms with Crippen molar-refractivity contribution in [3.8, 4) is 0 Å². The van der Waals surface area contributed by atoms with Crippen molar-refractivity contribution < 1.29 is 9.84 Å². The van der Waals surface area contributed by atoms with E-state index in [9.17, 15) is 5.11 Å². The summed E-state index contributed by atoms with van der Waals surface area (Å²) in [4.78, 5) is 8.48. The lowest BCUT2D eigenvalue weighted by molar-refractivity contribution is -0.134. The fraction of sp³-hybridized carbons (Fsp3) is 0.750. The number of rotatable bonds is 2. The van der Waals surface area contributed by atoms with Crippen LogP contribution < -0.4 is 0 Å². The van der Waals surface area contributed by atoms with E-state index >= 15 is 0 Å². The molecule has 4 nitrogen and oxygen atoms in total. The molecular weight excluding hydrogens is 252 g/mol. The Hall–Kier alpha value is -1.00. The molecule has 110 valence electrons. The highest BCUT2D eigenvalue weighted by Gasteiger charge is 2.41. The van der Waals surface area contributed by atoms with Crippen LogP contribution in [0.4, 0.5) is 0 Å². The van der Waals surface area contributed by atoms with Gasteiger partial charge in [0.15, 0.2) is 0 Å². The van der Waals surface area contributed by atoms with E-state index in [0.717, 1.165) is 43.8 Å². The molecule has 0 aromatic carbocycles. The summed E-state index contributed by atoms with van der Waals surface area (Å²) in [5.74, 6) is 0.983. The van der Waals surface area contributed by atoms with Crippen molar-refractivity contribution in [3.63, 3.8) is 0 Å². The van der Waals surface area contributed by atoms with Gasteiger partial charge in [0.1, 0.15) is 5.82 Å². The highest BCUT2D eigenvalue weighted by atomic mass is 16.5. The number of hydrogen-bond acceptors (Lipinski definition) is 4. The lowest BCUT2D eigenvalue weighted by atomic mass is 9.74. The maximum atomic E-state index is 10.6. The predicted molar refractivity (Wildman–Crippen MR) is 76.2 cm³/mol. The molecule has 0 amide bonds. The van der Waals surface area contributed by atoms with E-state index in [4.69, 9.17) is 4.74 Å². The minimum absolute atomic E-state index is 0.0320. The molecule has 1 aliphatic carbocycles. The zero-order valence-corrected chi connectivity index (χ0v) is 12.2. The van der Waals surface area contributed by atoms with Crippen molar-refractivity contribution in [2.45, 2.75) is 63.6 Å². The van der Waals surface area contributed by atoms with Gasteiger partial charge in [-0.25, -0.2) is 9.97 Å². The van der Waals surface area contributed by atoms with Crippen LogP contribution >= 0.6 is 0 Å². The van der Waals surface area contributed by atoms with Crippen LogP contribution in [0.2, 0.25) is 0 Å². The van der Waals surface area contributed by atoms with Crippen molar-refractivity contribution in [1.29, 1.82) is 0 Å². The minimum atomic E-state index is -0.487. The maximum absolute atomic E-state index is 10.6. The van der Waals surface area contributed by atoms with Crippen LogP contribution in [0.15, 0.2) is 12.3 Å². The van der Waals surface area contributed by atoms with Crippen LogP contribution in [0, 0.1) is 12.8 Å². The molecule has 3 rings (SSSR count). The first-order chi connectivity index (χ1) is 9.69. The number of nitrogens with zero attached hydrogens (tertiary/aromatic N) is 2. The van der Waals surface area contributed by atoms with Gasteiger partial charge in [-0.15, -0.1) is 0 Å². The largest absolute Gasteiger partial charge is 0.387 e. The molecule has 1 aliphatic heterocycles. The Bertz CT molecular complexity index is 452. The second-order valence-corrected chi connectivity index (χ2v) is 6.32. The summed E-state index contributed by atoms with van der Waals surface area (Å²) in [6.45, 7) is 2.63. The first-order valence-corrected chi connectivity index (χ1v) is 7.80. The second-order valence-electron chi connectivity index (χ2n) is 6.32. The van der Waals surface area contributed by atoms with Crippen molar-refractivity contribution in [2.75, 3.05) is 6.61 Å². The van der Waals surface area contributed by atoms with Crippen LogP contribution in [0.1, 0.15) is 62.6 Å².